The molecule has 3 saturated heterocycles. The van der Waals surface area contributed by atoms with E-state index in [1.165, 1.54) is 0 Å². The molecule has 3 aliphatic heterocycles. The van der Waals surface area contributed by atoms with E-state index in [0.717, 1.165) is 5.57 Å². The Hall–Kier alpha value is -1.47. The van der Waals surface area contributed by atoms with E-state index in [9.17, 15) is 61.3 Å². The van der Waals surface area contributed by atoms with Crippen LogP contribution >= 0.6 is 0 Å². The molecule has 19 nitrogen and oxygen atoms in total. The van der Waals surface area contributed by atoms with Crippen molar-refractivity contribution in [3.63, 3.8) is 0 Å². The molecule has 4 saturated carbocycles. The van der Waals surface area contributed by atoms with Crippen LogP contribution in [0.25, 0.3) is 0 Å². The van der Waals surface area contributed by atoms with Gasteiger partial charge in [-0.1, -0.05) is 53.2 Å². The summed E-state index contributed by atoms with van der Waals surface area (Å²) >= 11 is 0. The Bertz CT molecular complexity index is 1780. The first-order valence-electron chi connectivity index (χ1n) is 23.5. The number of allylic oxidation sites excluding steroid dienone is 2. The normalized spacial score (nSPS) is 55.4. The Morgan fingerprint density at radius 2 is 1.32 bits per heavy atom. The summed E-state index contributed by atoms with van der Waals surface area (Å²) in [6.45, 7) is 10.6. The molecule has 7 fully saturated rings. The lowest BCUT2D eigenvalue weighted by molar-refractivity contribution is -0.371. The Labute approximate surface area is 379 Å². The number of fused-ring (bicyclic) bond motifs is 7. The molecule has 19 heteroatoms. The molecule has 0 bridgehead atoms. The monoisotopic (exact) mass is 930 g/mol. The van der Waals surface area contributed by atoms with E-state index in [-0.39, 0.29) is 36.7 Å². The zero-order valence-corrected chi connectivity index (χ0v) is 38.3. The number of esters is 1. The SMILES string of the molecule is CC1(C)CCC2(C(=O)OC3OCC(O)C(O)C3O)C(OC3OC(CO)C(O)C(O)C3OC3OCC(O)C(O)C3O)CC3(C)C(=CCC4C5(C)CC(O)C(O)C(C)(CO)C5CCC43C)C2C1. The standard InChI is InChI=1S/C46H74O19/c1-41(2)11-12-46(40(59)65-38-34(57)30(53)24(51)18-61-38)21(13-41)20-7-8-27-42(3)14-22(49)36(58)43(4,19-48)26(42)9-10-44(27,5)45(20,6)15-28(46)63-39-35(32(55)31(54)25(16-47)62-39)64-37-33(56)29(52)23(50)17-60-37/h7,21-39,47-58H,8-19H2,1-6H3. The van der Waals surface area contributed by atoms with Gasteiger partial charge in [-0.05, 0) is 90.8 Å². The fourth-order valence-corrected chi connectivity index (χ4v) is 14.6. The lowest BCUT2D eigenvalue weighted by Crippen LogP contribution is -2.70. The number of rotatable bonds is 8. The predicted octanol–water partition coefficient (Wildman–Crippen LogP) is -1.67. The molecule has 24 unspecified atom stereocenters. The maximum Gasteiger partial charge on any atom is 0.317 e. The first-order chi connectivity index (χ1) is 30.3. The van der Waals surface area contributed by atoms with Crippen LogP contribution in [0.5, 0.6) is 0 Å². The van der Waals surface area contributed by atoms with Crippen LogP contribution in [-0.4, -0.2) is 192 Å². The van der Waals surface area contributed by atoms with Gasteiger partial charge < -0.3 is 89.7 Å². The largest absolute Gasteiger partial charge is 0.432 e. The third kappa shape index (κ3) is 7.61. The minimum absolute atomic E-state index is 0.101. The number of hydrogen-bond donors (Lipinski definition) is 12. The van der Waals surface area contributed by atoms with Crippen molar-refractivity contribution in [2.75, 3.05) is 26.4 Å². The second-order valence-electron chi connectivity index (χ2n) is 22.7. The van der Waals surface area contributed by atoms with Crippen LogP contribution in [0.3, 0.4) is 0 Å². The molecule has 0 spiro atoms. The summed E-state index contributed by atoms with van der Waals surface area (Å²) in [6, 6.07) is 0. The molecule has 8 rings (SSSR count). The lowest BCUT2D eigenvalue weighted by Gasteiger charge is -2.72. The topological polar surface area (TPSA) is 315 Å². The predicted molar refractivity (Wildman–Crippen MR) is 222 cm³/mol. The van der Waals surface area contributed by atoms with E-state index in [4.69, 9.17) is 28.4 Å². The molecule has 8 aliphatic rings. The Morgan fingerprint density at radius 1 is 0.692 bits per heavy atom. The highest BCUT2D eigenvalue weighted by molar-refractivity contribution is 5.80. The number of ether oxygens (including phenoxy) is 6. The van der Waals surface area contributed by atoms with Gasteiger partial charge in [0.25, 0.3) is 0 Å². The van der Waals surface area contributed by atoms with Crippen LogP contribution in [0.1, 0.15) is 92.9 Å². The molecule has 5 aliphatic carbocycles. The average molecular weight is 931 g/mol. The molecule has 0 aromatic heterocycles. The van der Waals surface area contributed by atoms with Crippen LogP contribution in [0.2, 0.25) is 0 Å². The molecular formula is C46H74O19. The minimum Gasteiger partial charge on any atom is -0.432 e. The maximum atomic E-state index is 15.5. The number of carbonyl (C=O) groups is 1. The van der Waals surface area contributed by atoms with E-state index < -0.39 is 157 Å². The van der Waals surface area contributed by atoms with Crippen LogP contribution in [0.15, 0.2) is 11.6 Å². The van der Waals surface area contributed by atoms with Gasteiger partial charge in [0.05, 0.1) is 44.7 Å². The van der Waals surface area contributed by atoms with Gasteiger partial charge in [-0.25, -0.2) is 0 Å². The molecule has 3 heterocycles. The first kappa shape index (κ1) is 49.9. The molecular weight excluding hydrogens is 856 g/mol. The summed E-state index contributed by atoms with van der Waals surface area (Å²) in [5.41, 5.74) is -3.81. The van der Waals surface area contributed by atoms with Crippen molar-refractivity contribution in [1.82, 2.24) is 0 Å². The summed E-state index contributed by atoms with van der Waals surface area (Å²) in [5.74, 6) is -1.68. The summed E-state index contributed by atoms with van der Waals surface area (Å²) < 4.78 is 36.6. The van der Waals surface area contributed by atoms with Crippen LogP contribution < -0.4 is 0 Å². The molecule has 65 heavy (non-hydrogen) atoms. The summed E-state index contributed by atoms with van der Waals surface area (Å²) in [7, 11) is 0. The Morgan fingerprint density at radius 3 is 1.95 bits per heavy atom. The van der Waals surface area contributed by atoms with Crippen molar-refractivity contribution >= 4 is 5.97 Å². The van der Waals surface area contributed by atoms with Crippen LogP contribution in [0, 0.1) is 50.2 Å². The van der Waals surface area contributed by atoms with Gasteiger partial charge >= 0.3 is 5.97 Å². The van der Waals surface area contributed by atoms with Crippen molar-refractivity contribution in [3.05, 3.63) is 11.6 Å². The fraction of sp³-hybridized carbons (Fsp3) is 0.935. The number of aliphatic hydroxyl groups excluding tert-OH is 12. The van der Waals surface area contributed by atoms with Gasteiger partial charge in [-0.3, -0.25) is 4.79 Å². The van der Waals surface area contributed by atoms with Crippen molar-refractivity contribution < 1.29 is 94.5 Å². The molecule has 0 aromatic carbocycles. The van der Waals surface area contributed by atoms with E-state index in [1.807, 2.05) is 6.92 Å². The second kappa shape index (κ2) is 17.4. The van der Waals surface area contributed by atoms with E-state index in [2.05, 4.69) is 40.7 Å². The first-order valence-corrected chi connectivity index (χ1v) is 23.5. The molecule has 0 radical (unpaired) electrons. The van der Waals surface area contributed by atoms with Crippen molar-refractivity contribution in [2.24, 2.45) is 50.2 Å². The summed E-state index contributed by atoms with van der Waals surface area (Å²) in [6.07, 6.45) is -19.4. The lowest BCUT2D eigenvalue weighted by atomic mass is 9.33. The minimum atomic E-state index is -1.84. The number of hydrogen-bond acceptors (Lipinski definition) is 19. The van der Waals surface area contributed by atoms with E-state index >= 15 is 4.79 Å². The quantitative estimate of drug-likeness (QED) is 0.0957. The van der Waals surface area contributed by atoms with Crippen molar-refractivity contribution in [1.29, 1.82) is 0 Å². The van der Waals surface area contributed by atoms with Gasteiger partial charge in [-0.15, -0.1) is 0 Å². The van der Waals surface area contributed by atoms with Gasteiger partial charge in [0, 0.05) is 5.41 Å². The molecule has 0 aromatic rings. The van der Waals surface area contributed by atoms with Crippen LogP contribution in [-0.2, 0) is 33.2 Å². The molecule has 24 atom stereocenters. The van der Waals surface area contributed by atoms with Gasteiger partial charge in [0.1, 0.15) is 66.5 Å². The highest BCUT2D eigenvalue weighted by Crippen LogP contribution is 2.76. The van der Waals surface area contributed by atoms with Crippen molar-refractivity contribution in [2.45, 2.75) is 191 Å². The number of aliphatic hydroxyl groups is 12. The zero-order chi connectivity index (χ0) is 47.6. The smallest absolute Gasteiger partial charge is 0.317 e. The highest BCUT2D eigenvalue weighted by Gasteiger charge is 2.73. The second-order valence-corrected chi connectivity index (χ2v) is 22.7. The third-order valence-electron chi connectivity index (χ3n) is 18.7. The van der Waals surface area contributed by atoms with Crippen LogP contribution in [0.4, 0.5) is 0 Å². The summed E-state index contributed by atoms with van der Waals surface area (Å²) in [5, 5.41) is 130. The average Bonchev–Trinajstić information content (AvgIpc) is 3.25. The number of carbonyl (C=O) groups excluding carboxylic acids is 1. The van der Waals surface area contributed by atoms with Gasteiger partial charge in [0.2, 0.25) is 6.29 Å². The van der Waals surface area contributed by atoms with Gasteiger partial charge in [0.15, 0.2) is 12.6 Å². The summed E-state index contributed by atoms with van der Waals surface area (Å²) in [4.78, 5) is 15.5. The van der Waals surface area contributed by atoms with Crippen molar-refractivity contribution in [3.8, 4) is 0 Å². The molecule has 372 valence electrons. The molecule has 12 N–H and O–H groups in total. The molecule has 0 amide bonds. The third-order valence-corrected chi connectivity index (χ3v) is 18.7. The Balaban J connectivity index is 1.25. The van der Waals surface area contributed by atoms with E-state index in [0.29, 0.717) is 38.5 Å². The highest BCUT2D eigenvalue weighted by atomic mass is 16.8. The maximum absolute atomic E-state index is 15.5. The van der Waals surface area contributed by atoms with E-state index in [1.54, 1.807) is 0 Å². The zero-order valence-electron chi connectivity index (χ0n) is 38.3. The van der Waals surface area contributed by atoms with Gasteiger partial charge in [-0.2, -0.15) is 0 Å². The Kier molecular flexibility index (Phi) is 13.4. The fourth-order valence-electron chi connectivity index (χ4n) is 14.6.